The van der Waals surface area contributed by atoms with Crippen LogP contribution in [0.1, 0.15) is 13.3 Å². The SMILES string of the molecule is CCC(N)C(Sc1ncccc1Br)C(F)(F)F. The predicted molar refractivity (Wildman–Crippen MR) is 65.9 cm³/mol. The number of nitrogens with two attached hydrogens (primary N) is 1. The number of aromatic nitrogens is 1. The van der Waals surface area contributed by atoms with E-state index in [1.54, 1.807) is 19.1 Å². The summed E-state index contributed by atoms with van der Waals surface area (Å²) in [6.07, 6.45) is -2.61. The Kier molecular flexibility index (Phi) is 5.27. The summed E-state index contributed by atoms with van der Waals surface area (Å²) in [5, 5.41) is -1.34. The molecule has 0 aliphatic carbocycles. The van der Waals surface area contributed by atoms with Gasteiger partial charge >= 0.3 is 6.18 Å². The van der Waals surface area contributed by atoms with Crippen molar-refractivity contribution in [1.82, 2.24) is 4.98 Å². The van der Waals surface area contributed by atoms with E-state index in [9.17, 15) is 13.2 Å². The molecule has 2 unspecified atom stereocenters. The fourth-order valence-corrected chi connectivity index (χ4v) is 2.77. The molecule has 17 heavy (non-hydrogen) atoms. The van der Waals surface area contributed by atoms with Crippen LogP contribution in [-0.4, -0.2) is 22.5 Å². The van der Waals surface area contributed by atoms with E-state index in [1.807, 2.05) is 0 Å². The lowest BCUT2D eigenvalue weighted by molar-refractivity contribution is -0.132. The first kappa shape index (κ1) is 14.8. The summed E-state index contributed by atoms with van der Waals surface area (Å²) in [6, 6.07) is 2.37. The molecule has 7 heteroatoms. The van der Waals surface area contributed by atoms with Crippen molar-refractivity contribution in [2.24, 2.45) is 5.73 Å². The van der Waals surface area contributed by atoms with Gasteiger partial charge in [0.25, 0.3) is 0 Å². The van der Waals surface area contributed by atoms with Crippen molar-refractivity contribution in [2.45, 2.75) is 35.8 Å². The van der Waals surface area contributed by atoms with Crippen molar-refractivity contribution in [1.29, 1.82) is 0 Å². The molecule has 1 rings (SSSR count). The molecule has 1 heterocycles. The molecular weight excluding hydrogens is 317 g/mol. The van der Waals surface area contributed by atoms with Crippen LogP contribution in [0.15, 0.2) is 27.8 Å². The van der Waals surface area contributed by atoms with Crippen molar-refractivity contribution in [3.63, 3.8) is 0 Å². The van der Waals surface area contributed by atoms with Crippen LogP contribution in [0, 0.1) is 0 Å². The van der Waals surface area contributed by atoms with Crippen LogP contribution in [0.5, 0.6) is 0 Å². The molecule has 0 fully saturated rings. The third kappa shape index (κ3) is 4.15. The van der Waals surface area contributed by atoms with Gasteiger partial charge in [-0.1, -0.05) is 18.7 Å². The number of thioether (sulfide) groups is 1. The number of nitrogens with zero attached hydrogens (tertiary/aromatic N) is 1. The zero-order valence-corrected chi connectivity index (χ0v) is 11.4. The van der Waals surface area contributed by atoms with Gasteiger partial charge in [0.15, 0.2) is 0 Å². The molecule has 0 saturated heterocycles. The van der Waals surface area contributed by atoms with Gasteiger partial charge in [-0.05, 0) is 34.5 Å². The molecule has 0 spiro atoms. The van der Waals surface area contributed by atoms with E-state index in [-0.39, 0.29) is 6.42 Å². The van der Waals surface area contributed by atoms with E-state index in [2.05, 4.69) is 20.9 Å². The van der Waals surface area contributed by atoms with Gasteiger partial charge in [-0.25, -0.2) is 4.98 Å². The molecule has 0 aliphatic heterocycles. The summed E-state index contributed by atoms with van der Waals surface area (Å²) in [6.45, 7) is 1.64. The van der Waals surface area contributed by atoms with Crippen LogP contribution in [0.2, 0.25) is 0 Å². The van der Waals surface area contributed by atoms with E-state index >= 15 is 0 Å². The maximum absolute atomic E-state index is 12.8. The fourth-order valence-electron chi connectivity index (χ4n) is 1.19. The van der Waals surface area contributed by atoms with E-state index < -0.39 is 17.5 Å². The molecule has 2 N–H and O–H groups in total. The van der Waals surface area contributed by atoms with E-state index in [0.29, 0.717) is 21.3 Å². The second-order valence-electron chi connectivity index (χ2n) is 3.44. The van der Waals surface area contributed by atoms with Crippen LogP contribution in [-0.2, 0) is 0 Å². The zero-order chi connectivity index (χ0) is 13.1. The Hall–Kier alpha value is -0.270. The van der Waals surface area contributed by atoms with Gasteiger partial charge < -0.3 is 5.73 Å². The number of alkyl halides is 3. The van der Waals surface area contributed by atoms with Gasteiger partial charge in [0, 0.05) is 16.7 Å². The highest BCUT2D eigenvalue weighted by Crippen LogP contribution is 2.38. The molecular formula is C10H12BrF3N2S. The molecule has 2 nitrogen and oxygen atoms in total. The smallest absolute Gasteiger partial charge is 0.326 e. The van der Waals surface area contributed by atoms with Crippen molar-refractivity contribution < 1.29 is 13.2 Å². The Morgan fingerprint density at radius 1 is 1.53 bits per heavy atom. The average Bonchev–Trinajstić information content (AvgIpc) is 2.25. The quantitative estimate of drug-likeness (QED) is 0.858. The van der Waals surface area contributed by atoms with Gasteiger partial charge in [0.1, 0.15) is 10.3 Å². The standard InChI is InChI=1S/C10H12BrF3N2S/c1-2-7(15)8(10(12,13)14)17-9-6(11)4-3-5-16-9/h3-5,7-8H,2,15H2,1H3. The highest BCUT2D eigenvalue weighted by atomic mass is 79.9. The van der Waals surface area contributed by atoms with Gasteiger partial charge in [-0.3, -0.25) is 0 Å². The summed E-state index contributed by atoms with van der Waals surface area (Å²) < 4.78 is 39.0. The van der Waals surface area contributed by atoms with Crippen LogP contribution in [0.4, 0.5) is 13.2 Å². The topological polar surface area (TPSA) is 38.9 Å². The summed E-state index contributed by atoms with van der Waals surface area (Å²) in [5.74, 6) is 0. The minimum absolute atomic E-state index is 0.266. The molecule has 0 bridgehead atoms. The first-order valence-electron chi connectivity index (χ1n) is 4.95. The molecule has 0 radical (unpaired) electrons. The monoisotopic (exact) mass is 328 g/mol. The molecule has 0 amide bonds. The Morgan fingerprint density at radius 3 is 2.65 bits per heavy atom. The van der Waals surface area contributed by atoms with Gasteiger partial charge in [-0.2, -0.15) is 13.2 Å². The van der Waals surface area contributed by atoms with Crippen molar-refractivity contribution >= 4 is 27.7 Å². The highest BCUT2D eigenvalue weighted by molar-refractivity contribution is 9.10. The first-order valence-corrected chi connectivity index (χ1v) is 6.63. The third-order valence-corrected chi connectivity index (χ3v) is 4.47. The van der Waals surface area contributed by atoms with E-state index in [4.69, 9.17) is 5.73 Å². The third-order valence-electron chi connectivity index (χ3n) is 2.15. The summed E-state index contributed by atoms with van der Waals surface area (Å²) in [7, 11) is 0. The lowest BCUT2D eigenvalue weighted by atomic mass is 10.1. The minimum Gasteiger partial charge on any atom is -0.326 e. The van der Waals surface area contributed by atoms with Crippen LogP contribution in [0.25, 0.3) is 0 Å². The molecule has 96 valence electrons. The Balaban J connectivity index is 2.91. The van der Waals surface area contributed by atoms with Crippen molar-refractivity contribution in [2.75, 3.05) is 0 Å². The zero-order valence-electron chi connectivity index (χ0n) is 9.04. The lowest BCUT2D eigenvalue weighted by Gasteiger charge is -2.24. The highest BCUT2D eigenvalue weighted by Gasteiger charge is 2.44. The van der Waals surface area contributed by atoms with Crippen LogP contribution >= 0.6 is 27.7 Å². The Bertz CT molecular complexity index is 373. The summed E-state index contributed by atoms with van der Waals surface area (Å²) in [5.41, 5.74) is 5.52. The van der Waals surface area contributed by atoms with Gasteiger partial charge in [0.05, 0.1) is 0 Å². The Labute approximate surface area is 110 Å². The predicted octanol–water partition coefficient (Wildman–Crippen LogP) is 3.60. The van der Waals surface area contributed by atoms with Crippen molar-refractivity contribution in [3.8, 4) is 0 Å². The fraction of sp³-hybridized carbons (Fsp3) is 0.500. The normalized spacial score (nSPS) is 15.6. The minimum atomic E-state index is -4.34. The first-order chi connectivity index (χ1) is 7.86. The van der Waals surface area contributed by atoms with Crippen LogP contribution < -0.4 is 5.73 Å². The lowest BCUT2D eigenvalue weighted by Crippen LogP contribution is -2.42. The largest absolute Gasteiger partial charge is 0.402 e. The molecule has 0 saturated carbocycles. The summed E-state index contributed by atoms with van der Waals surface area (Å²) in [4.78, 5) is 3.91. The Morgan fingerprint density at radius 2 is 2.18 bits per heavy atom. The molecule has 0 aromatic carbocycles. The average molecular weight is 329 g/mol. The van der Waals surface area contributed by atoms with Gasteiger partial charge in [-0.15, -0.1) is 0 Å². The number of halogens is 4. The number of hydrogen-bond acceptors (Lipinski definition) is 3. The molecule has 1 aromatic heterocycles. The van der Waals surface area contributed by atoms with E-state index in [1.165, 1.54) is 6.20 Å². The van der Waals surface area contributed by atoms with E-state index in [0.717, 1.165) is 0 Å². The number of pyridine rings is 1. The molecule has 2 atom stereocenters. The van der Waals surface area contributed by atoms with Gasteiger partial charge in [0.2, 0.25) is 0 Å². The maximum atomic E-state index is 12.8. The number of rotatable bonds is 4. The second-order valence-corrected chi connectivity index (χ2v) is 5.43. The van der Waals surface area contributed by atoms with Crippen LogP contribution in [0.3, 0.4) is 0 Å². The summed E-state index contributed by atoms with van der Waals surface area (Å²) >= 11 is 3.82. The maximum Gasteiger partial charge on any atom is 0.402 e. The molecule has 0 aliphatic rings. The van der Waals surface area contributed by atoms with Crippen molar-refractivity contribution in [3.05, 3.63) is 22.8 Å². The molecule has 1 aromatic rings. The number of hydrogen-bond donors (Lipinski definition) is 1. The second kappa shape index (κ2) is 6.06.